The van der Waals surface area contributed by atoms with E-state index in [1.165, 1.54) is 31.2 Å². The molecule has 0 radical (unpaired) electrons. The number of hydrogen-bond donors (Lipinski definition) is 4. The highest BCUT2D eigenvalue weighted by atomic mass is 35.5. The van der Waals surface area contributed by atoms with Crippen LogP contribution in [0.2, 0.25) is 5.02 Å². The van der Waals surface area contributed by atoms with Crippen molar-refractivity contribution < 1.29 is 35.9 Å². The first kappa shape index (κ1) is 32.2. The number of carbonyl (C=O) groups is 2. The molecule has 240 valence electrons. The largest absolute Gasteiger partial charge is 0.454 e. The number of benzene rings is 2. The van der Waals surface area contributed by atoms with Crippen molar-refractivity contribution >= 4 is 51.0 Å². The van der Waals surface area contributed by atoms with Crippen molar-refractivity contribution in [2.75, 3.05) is 29.5 Å². The van der Waals surface area contributed by atoms with Gasteiger partial charge in [0.05, 0.1) is 16.7 Å². The smallest absolute Gasteiger partial charge is 0.422 e. The lowest BCUT2D eigenvalue weighted by Gasteiger charge is -2.19. The Morgan fingerprint density at radius 2 is 1.60 bits per heavy atom. The number of alkyl halides is 3. The molecule has 2 aliphatic rings. The van der Waals surface area contributed by atoms with E-state index in [0.29, 0.717) is 23.6 Å². The molecule has 0 atom stereocenters. The number of hydrogen-bond acceptors (Lipinski definition) is 10. The van der Waals surface area contributed by atoms with Crippen LogP contribution in [-0.4, -0.2) is 60.3 Å². The Bertz CT molecular complexity index is 1680. The Labute approximate surface area is 261 Å². The number of halogens is 4. The molecule has 2 saturated carbocycles. The number of ether oxygens (including phenoxy) is 1. The summed E-state index contributed by atoms with van der Waals surface area (Å²) in [6, 6.07) is 12.7. The molecule has 45 heavy (non-hydrogen) atoms. The summed E-state index contributed by atoms with van der Waals surface area (Å²) in [7, 11) is -3.72. The highest BCUT2D eigenvalue weighted by Crippen LogP contribution is 2.48. The summed E-state index contributed by atoms with van der Waals surface area (Å²) in [6.07, 6.45) is -2.26. The zero-order chi connectivity index (χ0) is 32.5. The van der Waals surface area contributed by atoms with E-state index in [9.17, 15) is 31.2 Å². The first-order valence-corrected chi connectivity index (χ1v) is 15.9. The van der Waals surface area contributed by atoms with Crippen molar-refractivity contribution in [3.05, 3.63) is 64.7 Å². The van der Waals surface area contributed by atoms with Crippen LogP contribution in [0.25, 0.3) is 0 Å². The summed E-state index contributed by atoms with van der Waals surface area (Å²) in [4.78, 5) is 37.5. The summed E-state index contributed by atoms with van der Waals surface area (Å²) in [5.41, 5.74) is 0.0785. The standard InChI is InChI=1S/C28H29ClF3N7O5S/c1-2-45(42,43)39-22(41)26(11-12-26)15-33-21(40)17-3-9-20(10-4-17)34-23-35-24(37-25(36-23)44-16-28(30,31)32)38-27(13-14-27)18-5-7-19(29)8-6-18/h3-10H,2,11-16H2,1H3,(H,33,40)(H,39,41)(H2,34,35,36,37,38). The average molecular weight is 668 g/mol. The van der Waals surface area contributed by atoms with Gasteiger partial charge in [0.25, 0.3) is 5.91 Å². The second-order valence-corrected chi connectivity index (χ2v) is 13.3. The van der Waals surface area contributed by atoms with Crippen LogP contribution < -0.4 is 25.4 Å². The molecular formula is C28H29ClF3N7O5S. The lowest BCUT2D eigenvalue weighted by molar-refractivity contribution is -0.154. The fraction of sp³-hybridized carbons (Fsp3) is 0.393. The van der Waals surface area contributed by atoms with Crippen molar-refractivity contribution in [3.8, 4) is 6.01 Å². The van der Waals surface area contributed by atoms with E-state index in [1.807, 2.05) is 16.9 Å². The number of nitrogens with zero attached hydrogens (tertiary/aromatic N) is 3. The van der Waals surface area contributed by atoms with Gasteiger partial charge in [0.2, 0.25) is 27.8 Å². The summed E-state index contributed by atoms with van der Waals surface area (Å²) in [6.45, 7) is -0.214. The maximum Gasteiger partial charge on any atom is 0.422 e. The quantitative estimate of drug-likeness (QED) is 0.207. The molecule has 17 heteroatoms. The van der Waals surface area contributed by atoms with E-state index >= 15 is 0 Å². The maximum atomic E-state index is 12.9. The highest BCUT2D eigenvalue weighted by Gasteiger charge is 2.51. The molecule has 0 spiro atoms. The van der Waals surface area contributed by atoms with Crippen LogP contribution >= 0.6 is 11.6 Å². The lowest BCUT2D eigenvalue weighted by Crippen LogP contribution is -2.43. The van der Waals surface area contributed by atoms with Gasteiger partial charge in [-0.3, -0.25) is 14.3 Å². The van der Waals surface area contributed by atoms with Gasteiger partial charge in [-0.1, -0.05) is 23.7 Å². The molecule has 2 amide bonds. The predicted molar refractivity (Wildman–Crippen MR) is 159 cm³/mol. The fourth-order valence-electron chi connectivity index (χ4n) is 4.42. The molecular weight excluding hydrogens is 639 g/mol. The molecule has 0 unspecified atom stereocenters. The zero-order valence-electron chi connectivity index (χ0n) is 23.9. The van der Waals surface area contributed by atoms with Gasteiger partial charge in [-0.15, -0.1) is 0 Å². The van der Waals surface area contributed by atoms with Crippen molar-refractivity contribution in [1.29, 1.82) is 0 Å². The van der Waals surface area contributed by atoms with Crippen molar-refractivity contribution in [3.63, 3.8) is 0 Å². The Morgan fingerprint density at radius 3 is 2.18 bits per heavy atom. The first-order chi connectivity index (χ1) is 21.2. The molecule has 0 aliphatic heterocycles. The van der Waals surface area contributed by atoms with E-state index in [0.717, 1.165) is 18.4 Å². The number of rotatable bonds is 13. The summed E-state index contributed by atoms with van der Waals surface area (Å²) >= 11 is 6.01. The van der Waals surface area contributed by atoms with Gasteiger partial charge in [-0.2, -0.15) is 28.1 Å². The van der Waals surface area contributed by atoms with Gasteiger partial charge in [-0.05, 0) is 74.6 Å². The minimum atomic E-state index is -4.61. The molecule has 3 aromatic rings. The minimum Gasteiger partial charge on any atom is -0.454 e. The molecule has 0 bridgehead atoms. The van der Waals surface area contributed by atoms with Gasteiger partial charge in [-0.25, -0.2) is 8.42 Å². The van der Waals surface area contributed by atoms with E-state index in [4.69, 9.17) is 16.3 Å². The summed E-state index contributed by atoms with van der Waals surface area (Å²) in [5, 5.41) is 9.30. The van der Waals surface area contributed by atoms with Crippen molar-refractivity contribution in [2.45, 2.75) is 44.3 Å². The third-order valence-corrected chi connectivity index (χ3v) is 8.94. The minimum absolute atomic E-state index is 0.00194. The summed E-state index contributed by atoms with van der Waals surface area (Å²) in [5.74, 6) is -1.47. The molecule has 2 aromatic carbocycles. The SMILES string of the molecule is CCS(=O)(=O)NC(=O)C1(CNC(=O)c2ccc(Nc3nc(NC4(c5ccc(Cl)cc5)CC4)nc(OCC(F)(F)F)n3)cc2)CC1. The predicted octanol–water partition coefficient (Wildman–Crippen LogP) is 4.29. The first-order valence-electron chi connectivity index (χ1n) is 13.9. The van der Waals surface area contributed by atoms with Crippen molar-refractivity contribution in [2.24, 2.45) is 5.41 Å². The third kappa shape index (κ3) is 8.30. The topological polar surface area (TPSA) is 164 Å². The Morgan fingerprint density at radius 1 is 0.956 bits per heavy atom. The molecule has 4 N–H and O–H groups in total. The van der Waals surface area contributed by atoms with Crippen LogP contribution in [0.15, 0.2) is 48.5 Å². The second-order valence-electron chi connectivity index (χ2n) is 10.9. The Kier molecular flexibility index (Phi) is 8.81. The highest BCUT2D eigenvalue weighted by molar-refractivity contribution is 7.90. The van der Waals surface area contributed by atoms with Gasteiger partial charge >= 0.3 is 12.2 Å². The number of nitrogens with one attached hydrogen (secondary N) is 4. The van der Waals surface area contributed by atoms with Gasteiger partial charge in [0.15, 0.2) is 6.61 Å². The van der Waals surface area contributed by atoms with E-state index in [1.54, 1.807) is 12.1 Å². The van der Waals surface area contributed by atoms with Crippen LogP contribution in [0.3, 0.4) is 0 Å². The monoisotopic (exact) mass is 667 g/mol. The zero-order valence-corrected chi connectivity index (χ0v) is 25.4. The van der Waals surface area contributed by atoms with Crippen LogP contribution in [0, 0.1) is 5.41 Å². The Balaban J connectivity index is 1.26. The molecule has 1 aromatic heterocycles. The van der Waals surface area contributed by atoms with Crippen molar-refractivity contribution in [1.82, 2.24) is 25.0 Å². The van der Waals surface area contributed by atoms with Gasteiger partial charge < -0.3 is 20.7 Å². The molecule has 2 aliphatic carbocycles. The number of aromatic nitrogens is 3. The number of carbonyl (C=O) groups excluding carboxylic acids is 2. The number of sulfonamides is 1. The fourth-order valence-corrected chi connectivity index (χ4v) is 5.18. The third-order valence-electron chi connectivity index (χ3n) is 7.43. The van der Waals surface area contributed by atoms with E-state index in [2.05, 4.69) is 30.9 Å². The molecule has 12 nitrogen and oxygen atoms in total. The van der Waals surface area contributed by atoms with Crippen LogP contribution in [0.4, 0.5) is 30.8 Å². The maximum absolute atomic E-state index is 12.9. The van der Waals surface area contributed by atoms with E-state index in [-0.39, 0.29) is 29.8 Å². The normalized spacial score (nSPS) is 16.3. The lowest BCUT2D eigenvalue weighted by atomic mass is 10.1. The van der Waals surface area contributed by atoms with Gasteiger partial charge in [0.1, 0.15) is 0 Å². The molecule has 5 rings (SSSR count). The van der Waals surface area contributed by atoms with Crippen LogP contribution in [0.5, 0.6) is 6.01 Å². The molecule has 1 heterocycles. The second kappa shape index (κ2) is 12.3. The average Bonchev–Trinajstić information content (AvgIpc) is 3.92. The molecule has 2 fully saturated rings. The van der Waals surface area contributed by atoms with Crippen LogP contribution in [-0.2, 0) is 20.4 Å². The van der Waals surface area contributed by atoms with Gasteiger partial charge in [0, 0.05) is 22.8 Å². The van der Waals surface area contributed by atoms with E-state index < -0.39 is 51.6 Å². The Hall–Kier alpha value is -4.18. The summed E-state index contributed by atoms with van der Waals surface area (Å²) < 4.78 is 68.9. The van der Waals surface area contributed by atoms with Crippen LogP contribution in [0.1, 0.15) is 48.5 Å². The number of anilines is 3. The number of amides is 2. The molecule has 0 saturated heterocycles.